The molecular weight excluding hydrogens is 142 g/mol. The average Bonchev–Trinajstić information content (AvgIpc) is 2.39. The molecule has 1 aliphatic carbocycles. The minimum absolute atomic E-state index is 0.0868. The summed E-state index contributed by atoms with van der Waals surface area (Å²) in [7, 11) is 0. The van der Waals surface area contributed by atoms with Gasteiger partial charge in [-0.3, -0.25) is 5.10 Å². The third-order valence-corrected chi connectivity index (χ3v) is 2.53. The molecule has 11 heavy (non-hydrogen) atoms. The van der Waals surface area contributed by atoms with Crippen LogP contribution in [0.25, 0.3) is 0 Å². The number of aromatic nitrogens is 3. The molecular formula is C7H11N3O. The largest absolute Gasteiger partial charge is 0.395 e. The molecule has 0 atom stereocenters. The van der Waals surface area contributed by atoms with Crippen LogP contribution in [0.5, 0.6) is 0 Å². The van der Waals surface area contributed by atoms with Gasteiger partial charge in [0.2, 0.25) is 0 Å². The summed E-state index contributed by atoms with van der Waals surface area (Å²) in [5.74, 6) is 0.839. The highest BCUT2D eigenvalue weighted by Crippen LogP contribution is 2.41. The second-order valence-electron chi connectivity index (χ2n) is 3.13. The molecule has 4 nitrogen and oxygen atoms in total. The standard InChI is InChI=1S/C7H11N3O/c11-4-7(2-1-3-7)6-8-5-9-10-6/h5,11H,1-4H2,(H,8,9,10). The lowest BCUT2D eigenvalue weighted by molar-refractivity contribution is 0.112. The Bertz CT molecular complexity index is 222. The smallest absolute Gasteiger partial charge is 0.137 e. The number of aromatic amines is 1. The van der Waals surface area contributed by atoms with Gasteiger partial charge in [0.25, 0.3) is 0 Å². The van der Waals surface area contributed by atoms with Gasteiger partial charge in [0.15, 0.2) is 0 Å². The summed E-state index contributed by atoms with van der Waals surface area (Å²) in [6.07, 6.45) is 4.73. The van der Waals surface area contributed by atoms with E-state index in [1.165, 1.54) is 12.7 Å². The van der Waals surface area contributed by atoms with E-state index in [0.29, 0.717) is 0 Å². The Balaban J connectivity index is 2.25. The van der Waals surface area contributed by atoms with E-state index in [0.717, 1.165) is 18.7 Å². The number of aliphatic hydroxyl groups is 1. The second-order valence-corrected chi connectivity index (χ2v) is 3.13. The lowest BCUT2D eigenvalue weighted by atomic mass is 9.69. The van der Waals surface area contributed by atoms with Gasteiger partial charge in [-0.05, 0) is 12.8 Å². The van der Waals surface area contributed by atoms with Gasteiger partial charge in [0.05, 0.1) is 12.0 Å². The summed E-state index contributed by atoms with van der Waals surface area (Å²) in [4.78, 5) is 4.05. The third kappa shape index (κ3) is 0.860. The molecule has 2 N–H and O–H groups in total. The van der Waals surface area contributed by atoms with E-state index in [2.05, 4.69) is 15.2 Å². The van der Waals surface area contributed by atoms with Gasteiger partial charge in [0, 0.05) is 0 Å². The van der Waals surface area contributed by atoms with Crippen molar-refractivity contribution in [1.29, 1.82) is 0 Å². The second kappa shape index (κ2) is 2.30. The molecule has 1 aliphatic rings. The van der Waals surface area contributed by atoms with E-state index in [-0.39, 0.29) is 12.0 Å². The highest BCUT2D eigenvalue weighted by atomic mass is 16.3. The van der Waals surface area contributed by atoms with E-state index >= 15 is 0 Å². The lowest BCUT2D eigenvalue weighted by Crippen LogP contribution is -2.39. The highest BCUT2D eigenvalue weighted by Gasteiger charge is 2.40. The van der Waals surface area contributed by atoms with Gasteiger partial charge in [-0.25, -0.2) is 4.98 Å². The molecule has 2 rings (SSSR count). The van der Waals surface area contributed by atoms with E-state index in [1.807, 2.05) is 0 Å². The zero-order valence-corrected chi connectivity index (χ0v) is 6.25. The van der Waals surface area contributed by atoms with Crippen LogP contribution in [-0.2, 0) is 5.41 Å². The fraction of sp³-hybridized carbons (Fsp3) is 0.714. The Kier molecular flexibility index (Phi) is 1.42. The van der Waals surface area contributed by atoms with Crippen molar-refractivity contribution < 1.29 is 5.11 Å². The van der Waals surface area contributed by atoms with Crippen LogP contribution in [0, 0.1) is 0 Å². The Morgan fingerprint density at radius 2 is 2.45 bits per heavy atom. The summed E-state index contributed by atoms with van der Waals surface area (Å²) in [6, 6.07) is 0. The van der Waals surface area contributed by atoms with Gasteiger partial charge in [0.1, 0.15) is 12.2 Å². The summed E-state index contributed by atoms with van der Waals surface area (Å²) < 4.78 is 0. The molecule has 60 valence electrons. The minimum atomic E-state index is -0.0868. The molecule has 1 saturated carbocycles. The SMILES string of the molecule is OCC1(c2ncn[nH]2)CCC1. The van der Waals surface area contributed by atoms with Crippen LogP contribution in [0.2, 0.25) is 0 Å². The number of hydrogen-bond donors (Lipinski definition) is 2. The van der Waals surface area contributed by atoms with Crippen molar-refractivity contribution >= 4 is 0 Å². The average molecular weight is 153 g/mol. The Labute approximate surface area is 64.7 Å². The van der Waals surface area contributed by atoms with Gasteiger partial charge >= 0.3 is 0 Å². The summed E-state index contributed by atoms with van der Waals surface area (Å²) >= 11 is 0. The summed E-state index contributed by atoms with van der Waals surface area (Å²) in [6.45, 7) is 0.183. The fourth-order valence-electron chi connectivity index (χ4n) is 1.53. The van der Waals surface area contributed by atoms with Crippen molar-refractivity contribution in [2.24, 2.45) is 0 Å². The number of H-pyrrole nitrogens is 1. The number of aliphatic hydroxyl groups excluding tert-OH is 1. The van der Waals surface area contributed by atoms with E-state index in [1.54, 1.807) is 0 Å². The van der Waals surface area contributed by atoms with Crippen LogP contribution in [0.1, 0.15) is 25.1 Å². The van der Waals surface area contributed by atoms with Gasteiger partial charge in [-0.1, -0.05) is 6.42 Å². The van der Waals surface area contributed by atoms with Crippen LogP contribution >= 0.6 is 0 Å². The van der Waals surface area contributed by atoms with Crippen molar-refractivity contribution in [3.8, 4) is 0 Å². The van der Waals surface area contributed by atoms with Crippen LogP contribution in [0.15, 0.2) is 6.33 Å². The molecule has 0 aliphatic heterocycles. The van der Waals surface area contributed by atoms with Crippen LogP contribution in [0.3, 0.4) is 0 Å². The summed E-state index contributed by atoms with van der Waals surface area (Å²) in [5.41, 5.74) is -0.0868. The molecule has 0 saturated heterocycles. The number of nitrogens with one attached hydrogen (secondary N) is 1. The van der Waals surface area contributed by atoms with Crippen molar-refractivity contribution in [3.05, 3.63) is 12.2 Å². The van der Waals surface area contributed by atoms with Crippen molar-refractivity contribution in [2.45, 2.75) is 24.7 Å². The molecule has 0 spiro atoms. The molecule has 1 aromatic heterocycles. The van der Waals surface area contributed by atoms with E-state index in [4.69, 9.17) is 5.11 Å². The third-order valence-electron chi connectivity index (χ3n) is 2.53. The molecule has 0 radical (unpaired) electrons. The van der Waals surface area contributed by atoms with Crippen molar-refractivity contribution in [3.63, 3.8) is 0 Å². The topological polar surface area (TPSA) is 61.8 Å². The number of nitrogens with zero attached hydrogens (tertiary/aromatic N) is 2. The van der Waals surface area contributed by atoms with Crippen molar-refractivity contribution in [2.75, 3.05) is 6.61 Å². The zero-order chi connectivity index (χ0) is 7.73. The number of hydrogen-bond acceptors (Lipinski definition) is 3. The molecule has 0 amide bonds. The maximum absolute atomic E-state index is 9.12. The normalized spacial score (nSPS) is 21.2. The van der Waals surface area contributed by atoms with Crippen LogP contribution in [-0.4, -0.2) is 26.9 Å². The van der Waals surface area contributed by atoms with E-state index < -0.39 is 0 Å². The van der Waals surface area contributed by atoms with E-state index in [9.17, 15) is 0 Å². The highest BCUT2D eigenvalue weighted by molar-refractivity contribution is 5.11. The number of rotatable bonds is 2. The Morgan fingerprint density at radius 1 is 1.64 bits per heavy atom. The van der Waals surface area contributed by atoms with Gasteiger partial charge < -0.3 is 5.11 Å². The molecule has 0 aromatic carbocycles. The van der Waals surface area contributed by atoms with Gasteiger partial charge in [-0.2, -0.15) is 5.10 Å². The predicted octanol–water partition coefficient (Wildman–Crippen LogP) is 0.219. The monoisotopic (exact) mass is 153 g/mol. The zero-order valence-electron chi connectivity index (χ0n) is 6.25. The Hall–Kier alpha value is -0.900. The fourth-order valence-corrected chi connectivity index (χ4v) is 1.53. The lowest BCUT2D eigenvalue weighted by Gasteiger charge is -2.37. The molecule has 0 unspecified atom stereocenters. The quantitative estimate of drug-likeness (QED) is 0.638. The summed E-state index contributed by atoms with van der Waals surface area (Å²) in [5, 5.41) is 15.7. The first-order chi connectivity index (χ1) is 5.37. The minimum Gasteiger partial charge on any atom is -0.395 e. The molecule has 1 fully saturated rings. The first kappa shape index (κ1) is 6.79. The van der Waals surface area contributed by atoms with Crippen LogP contribution < -0.4 is 0 Å². The maximum atomic E-state index is 9.12. The maximum Gasteiger partial charge on any atom is 0.137 e. The van der Waals surface area contributed by atoms with Crippen LogP contribution in [0.4, 0.5) is 0 Å². The van der Waals surface area contributed by atoms with Gasteiger partial charge in [-0.15, -0.1) is 0 Å². The predicted molar refractivity (Wildman–Crippen MR) is 39.0 cm³/mol. The Morgan fingerprint density at radius 3 is 2.82 bits per heavy atom. The first-order valence-electron chi connectivity index (χ1n) is 3.84. The first-order valence-corrected chi connectivity index (χ1v) is 3.84. The molecule has 0 bridgehead atoms. The molecule has 4 heteroatoms. The molecule has 1 aromatic rings. The molecule has 1 heterocycles. The van der Waals surface area contributed by atoms with Crippen molar-refractivity contribution in [1.82, 2.24) is 15.2 Å².